The summed E-state index contributed by atoms with van der Waals surface area (Å²) >= 11 is 1.71. The zero-order chi connectivity index (χ0) is 12.8. The van der Waals surface area contributed by atoms with Gasteiger partial charge in [0.05, 0.1) is 30.5 Å². The van der Waals surface area contributed by atoms with Crippen LogP contribution in [0.1, 0.15) is 30.0 Å². The van der Waals surface area contributed by atoms with E-state index in [1.807, 2.05) is 0 Å². The van der Waals surface area contributed by atoms with E-state index in [-0.39, 0.29) is 5.54 Å². The summed E-state index contributed by atoms with van der Waals surface area (Å²) in [4.78, 5) is 4.62. The van der Waals surface area contributed by atoms with Gasteiger partial charge >= 0.3 is 0 Å². The Morgan fingerprint density at radius 1 is 1.39 bits per heavy atom. The average molecular weight is 270 g/mol. The topological polar surface area (TPSA) is 57.4 Å². The maximum Gasteiger partial charge on any atom is 0.0951 e. The van der Waals surface area contributed by atoms with Crippen LogP contribution in [0.4, 0.5) is 0 Å². The van der Waals surface area contributed by atoms with E-state index in [1.54, 1.807) is 18.4 Å². The van der Waals surface area contributed by atoms with Crippen LogP contribution in [0.2, 0.25) is 0 Å². The minimum Gasteiger partial charge on any atom is -0.382 e. The summed E-state index contributed by atoms with van der Waals surface area (Å²) in [5.41, 5.74) is 7.40. The lowest BCUT2D eigenvalue weighted by Gasteiger charge is -2.37. The first-order valence-corrected chi connectivity index (χ1v) is 7.39. The molecular formula is C13H22N2O2S. The van der Waals surface area contributed by atoms with E-state index >= 15 is 0 Å². The van der Waals surface area contributed by atoms with Gasteiger partial charge in [0.1, 0.15) is 0 Å². The number of hydrogen-bond acceptors (Lipinski definition) is 5. The van der Waals surface area contributed by atoms with Crippen molar-refractivity contribution in [2.24, 2.45) is 5.73 Å². The molecule has 2 N–H and O–H groups in total. The summed E-state index contributed by atoms with van der Waals surface area (Å²) in [6.45, 7) is 2.02. The van der Waals surface area contributed by atoms with Gasteiger partial charge in [0.15, 0.2) is 0 Å². The molecule has 1 aliphatic carbocycles. The molecule has 0 spiro atoms. The molecule has 0 aromatic carbocycles. The lowest BCUT2D eigenvalue weighted by atomic mass is 9.75. The third kappa shape index (κ3) is 4.02. The predicted octanol–water partition coefficient (Wildman–Crippen LogP) is 1.77. The number of nitrogens with two attached hydrogens (primary N) is 1. The van der Waals surface area contributed by atoms with E-state index in [2.05, 4.69) is 10.4 Å². The van der Waals surface area contributed by atoms with Crippen molar-refractivity contribution in [3.8, 4) is 0 Å². The highest BCUT2D eigenvalue weighted by atomic mass is 32.1. The highest BCUT2D eigenvalue weighted by Crippen LogP contribution is 2.32. The Labute approximate surface area is 113 Å². The fourth-order valence-corrected chi connectivity index (χ4v) is 2.90. The molecule has 1 aromatic rings. The van der Waals surface area contributed by atoms with Crippen LogP contribution in [0.25, 0.3) is 0 Å². The lowest BCUT2D eigenvalue weighted by Crippen LogP contribution is -2.48. The molecule has 0 amide bonds. The van der Waals surface area contributed by atoms with E-state index < -0.39 is 0 Å². The average Bonchev–Trinajstić information content (AvgIpc) is 2.74. The molecule has 0 saturated heterocycles. The van der Waals surface area contributed by atoms with Crippen molar-refractivity contribution in [2.75, 3.05) is 26.9 Å². The fraction of sp³-hybridized carbons (Fsp3) is 0.769. The second kappa shape index (κ2) is 6.61. The lowest BCUT2D eigenvalue weighted by molar-refractivity contribution is 0.0722. The zero-order valence-electron chi connectivity index (χ0n) is 11.0. The first-order chi connectivity index (χ1) is 8.72. The Morgan fingerprint density at radius 3 is 2.89 bits per heavy atom. The van der Waals surface area contributed by atoms with Gasteiger partial charge < -0.3 is 15.2 Å². The Balaban J connectivity index is 1.69. The van der Waals surface area contributed by atoms with Gasteiger partial charge in [-0.1, -0.05) is 0 Å². The fourth-order valence-electron chi connectivity index (χ4n) is 2.12. The minimum absolute atomic E-state index is 0.0281. The van der Waals surface area contributed by atoms with Crippen molar-refractivity contribution >= 4 is 11.3 Å². The standard InChI is InChI=1S/C13H22N2O2S/c1-16-7-8-17-6-3-12-15-11(10-18-12)9-13(14)4-2-5-13/h10H,2-9,14H2,1H3. The molecule has 1 heterocycles. The molecule has 2 rings (SSSR count). The van der Waals surface area contributed by atoms with Crippen LogP contribution in [0.3, 0.4) is 0 Å². The van der Waals surface area contributed by atoms with Crippen LogP contribution < -0.4 is 5.73 Å². The number of thiazole rings is 1. The van der Waals surface area contributed by atoms with Gasteiger partial charge in [0.25, 0.3) is 0 Å². The first kappa shape index (κ1) is 13.9. The zero-order valence-corrected chi connectivity index (χ0v) is 11.8. The van der Waals surface area contributed by atoms with E-state index in [1.165, 1.54) is 6.42 Å². The molecule has 5 heteroatoms. The summed E-state index contributed by atoms with van der Waals surface area (Å²) < 4.78 is 10.4. The molecule has 1 fully saturated rings. The molecule has 0 bridgehead atoms. The number of hydrogen-bond donors (Lipinski definition) is 1. The smallest absolute Gasteiger partial charge is 0.0951 e. The molecule has 18 heavy (non-hydrogen) atoms. The van der Waals surface area contributed by atoms with Crippen LogP contribution in [-0.2, 0) is 22.3 Å². The minimum atomic E-state index is 0.0281. The van der Waals surface area contributed by atoms with Gasteiger partial charge in [-0.15, -0.1) is 11.3 Å². The Hall–Kier alpha value is -0.490. The Morgan fingerprint density at radius 2 is 2.22 bits per heavy atom. The molecule has 1 aliphatic rings. The summed E-state index contributed by atoms with van der Waals surface area (Å²) in [5.74, 6) is 0. The molecule has 0 unspecified atom stereocenters. The number of aromatic nitrogens is 1. The van der Waals surface area contributed by atoms with Crippen LogP contribution in [0, 0.1) is 0 Å². The summed E-state index contributed by atoms with van der Waals surface area (Å²) in [7, 11) is 1.68. The number of rotatable bonds is 8. The van der Waals surface area contributed by atoms with Crippen molar-refractivity contribution in [1.82, 2.24) is 4.98 Å². The summed E-state index contributed by atoms with van der Waals surface area (Å²) in [6, 6.07) is 0. The molecule has 4 nitrogen and oxygen atoms in total. The molecule has 1 saturated carbocycles. The number of ether oxygens (including phenoxy) is 2. The van der Waals surface area contributed by atoms with Crippen molar-refractivity contribution in [1.29, 1.82) is 0 Å². The second-order valence-corrected chi connectivity index (χ2v) is 5.92. The molecule has 0 radical (unpaired) electrons. The molecule has 0 atom stereocenters. The number of nitrogens with zero attached hydrogens (tertiary/aromatic N) is 1. The monoisotopic (exact) mass is 270 g/mol. The molecular weight excluding hydrogens is 248 g/mol. The van der Waals surface area contributed by atoms with E-state index in [0.717, 1.165) is 36.4 Å². The van der Waals surface area contributed by atoms with Gasteiger partial charge in [0, 0.05) is 30.9 Å². The largest absolute Gasteiger partial charge is 0.382 e. The number of methoxy groups -OCH3 is 1. The van der Waals surface area contributed by atoms with Crippen molar-refractivity contribution < 1.29 is 9.47 Å². The Kier molecular flexibility index (Phi) is 5.12. The van der Waals surface area contributed by atoms with Crippen LogP contribution >= 0.6 is 11.3 Å². The van der Waals surface area contributed by atoms with Gasteiger partial charge in [-0.05, 0) is 19.3 Å². The quantitative estimate of drug-likeness (QED) is 0.731. The maximum atomic E-state index is 6.23. The predicted molar refractivity (Wildman–Crippen MR) is 73.0 cm³/mol. The van der Waals surface area contributed by atoms with E-state index in [0.29, 0.717) is 19.8 Å². The first-order valence-electron chi connectivity index (χ1n) is 6.51. The van der Waals surface area contributed by atoms with Gasteiger partial charge in [-0.3, -0.25) is 0 Å². The summed E-state index contributed by atoms with van der Waals surface area (Å²) in [6.07, 6.45) is 5.35. The van der Waals surface area contributed by atoms with E-state index in [9.17, 15) is 0 Å². The van der Waals surface area contributed by atoms with Gasteiger partial charge in [0.2, 0.25) is 0 Å². The van der Waals surface area contributed by atoms with Crippen LogP contribution in [0.5, 0.6) is 0 Å². The van der Waals surface area contributed by atoms with Crippen molar-refractivity contribution in [2.45, 2.75) is 37.6 Å². The highest BCUT2D eigenvalue weighted by Gasteiger charge is 2.33. The van der Waals surface area contributed by atoms with Gasteiger partial charge in [-0.25, -0.2) is 4.98 Å². The highest BCUT2D eigenvalue weighted by molar-refractivity contribution is 7.09. The van der Waals surface area contributed by atoms with Crippen LogP contribution in [-0.4, -0.2) is 37.5 Å². The third-order valence-corrected chi connectivity index (χ3v) is 4.33. The SMILES string of the molecule is COCCOCCc1nc(CC2(N)CCC2)cs1. The molecule has 1 aromatic heterocycles. The van der Waals surface area contributed by atoms with E-state index in [4.69, 9.17) is 15.2 Å². The molecule has 0 aliphatic heterocycles. The van der Waals surface area contributed by atoms with Crippen molar-refractivity contribution in [3.63, 3.8) is 0 Å². The second-order valence-electron chi connectivity index (χ2n) is 4.98. The Bertz CT molecular complexity index is 364. The maximum absolute atomic E-state index is 6.23. The third-order valence-electron chi connectivity index (χ3n) is 3.37. The van der Waals surface area contributed by atoms with Gasteiger partial charge in [-0.2, -0.15) is 0 Å². The van der Waals surface area contributed by atoms with Crippen LogP contribution in [0.15, 0.2) is 5.38 Å². The summed E-state index contributed by atoms with van der Waals surface area (Å²) in [5, 5.41) is 3.28. The van der Waals surface area contributed by atoms with Crippen molar-refractivity contribution in [3.05, 3.63) is 16.1 Å². The molecule has 102 valence electrons. The normalized spacial score (nSPS) is 17.7.